The zero-order chi connectivity index (χ0) is 16.6. The molecule has 24 heavy (non-hydrogen) atoms. The Morgan fingerprint density at radius 1 is 0.875 bits per heavy atom. The van der Waals surface area contributed by atoms with Crippen molar-refractivity contribution in [1.29, 1.82) is 0 Å². The molecule has 1 saturated heterocycles. The molecule has 0 bridgehead atoms. The fourth-order valence-electron chi connectivity index (χ4n) is 4.02. The molecule has 4 rings (SSSR count). The lowest BCUT2D eigenvalue weighted by Crippen LogP contribution is -2.29. The maximum atomic E-state index is 6.63. The molecular formula is C21H23IO2. The van der Waals surface area contributed by atoms with E-state index in [4.69, 9.17) is 9.47 Å². The maximum Gasteiger partial charge on any atom is 0.170 e. The van der Waals surface area contributed by atoms with Gasteiger partial charge < -0.3 is 9.47 Å². The van der Waals surface area contributed by atoms with Crippen molar-refractivity contribution in [3.63, 3.8) is 0 Å². The van der Waals surface area contributed by atoms with Crippen molar-refractivity contribution in [2.45, 2.75) is 44.2 Å². The second-order valence-electron chi connectivity index (χ2n) is 7.43. The van der Waals surface area contributed by atoms with Crippen molar-refractivity contribution >= 4 is 22.6 Å². The van der Waals surface area contributed by atoms with Gasteiger partial charge in [-0.2, -0.15) is 0 Å². The fourth-order valence-corrected chi connectivity index (χ4v) is 4.67. The number of alkyl halides is 1. The van der Waals surface area contributed by atoms with Gasteiger partial charge in [-0.15, -0.1) is 0 Å². The molecule has 1 spiro atoms. The fraction of sp³-hybridized carbons (Fsp3) is 0.429. The number of hydrogen-bond donors (Lipinski definition) is 0. The highest BCUT2D eigenvalue weighted by atomic mass is 127. The van der Waals surface area contributed by atoms with Gasteiger partial charge in [0.05, 0.1) is 0 Å². The summed E-state index contributed by atoms with van der Waals surface area (Å²) in [7, 11) is 0. The Morgan fingerprint density at radius 2 is 1.38 bits per heavy atom. The van der Waals surface area contributed by atoms with Crippen LogP contribution < -0.4 is 0 Å². The van der Waals surface area contributed by atoms with Crippen LogP contribution in [0.15, 0.2) is 60.7 Å². The van der Waals surface area contributed by atoms with E-state index in [2.05, 4.69) is 90.2 Å². The van der Waals surface area contributed by atoms with Crippen LogP contribution >= 0.6 is 22.6 Å². The molecule has 1 saturated carbocycles. The maximum absolute atomic E-state index is 6.63. The summed E-state index contributed by atoms with van der Waals surface area (Å²) in [5, 5.41) is 0. The molecule has 2 fully saturated rings. The van der Waals surface area contributed by atoms with Crippen molar-refractivity contribution < 1.29 is 9.47 Å². The molecule has 2 nitrogen and oxygen atoms in total. The van der Waals surface area contributed by atoms with Gasteiger partial charge in [-0.25, -0.2) is 0 Å². The van der Waals surface area contributed by atoms with Crippen LogP contribution in [0.2, 0.25) is 0 Å². The minimum absolute atomic E-state index is 0.0369. The van der Waals surface area contributed by atoms with Crippen molar-refractivity contribution in [2.75, 3.05) is 4.43 Å². The largest absolute Gasteiger partial charge is 0.339 e. The lowest BCUT2D eigenvalue weighted by molar-refractivity contribution is -0.175. The predicted molar refractivity (Wildman–Crippen MR) is 104 cm³/mol. The molecule has 1 heterocycles. The van der Waals surface area contributed by atoms with Crippen molar-refractivity contribution in [3.8, 4) is 0 Å². The van der Waals surface area contributed by atoms with E-state index in [1.807, 2.05) is 0 Å². The van der Waals surface area contributed by atoms with Crippen molar-refractivity contribution in [3.05, 3.63) is 71.8 Å². The quantitative estimate of drug-likeness (QED) is 0.447. The number of hydrogen-bond acceptors (Lipinski definition) is 2. The summed E-state index contributed by atoms with van der Waals surface area (Å²) in [6.07, 6.45) is 3.06. The highest BCUT2D eigenvalue weighted by Gasteiger charge is 2.55. The van der Waals surface area contributed by atoms with E-state index in [-0.39, 0.29) is 12.2 Å². The van der Waals surface area contributed by atoms with E-state index in [1.165, 1.54) is 17.5 Å². The average molecular weight is 434 g/mol. The number of halogens is 1. The standard InChI is InChI=1S/C21H23IO2/c1-20(15-22)12-13-21(14-20)23-18(16-8-4-2-5-9-16)19(24-21)17-10-6-3-7-11-17/h2-11,18-19H,12-15H2,1H3/t18-,19?,20?,21?/m0/s1. The number of ether oxygens (including phenoxy) is 2. The Bertz CT molecular complexity index is 640. The van der Waals surface area contributed by atoms with E-state index in [9.17, 15) is 0 Å². The van der Waals surface area contributed by atoms with Crippen LogP contribution in [0.5, 0.6) is 0 Å². The van der Waals surface area contributed by atoms with E-state index < -0.39 is 5.79 Å². The summed E-state index contributed by atoms with van der Waals surface area (Å²) in [6, 6.07) is 21.0. The molecule has 2 aromatic carbocycles. The van der Waals surface area contributed by atoms with Crippen LogP contribution in [0.1, 0.15) is 49.5 Å². The SMILES string of the molecule is CC1(CI)CCC2(C1)OC(c1ccccc1)[C@H](c1ccccc1)O2. The van der Waals surface area contributed by atoms with E-state index in [0.717, 1.165) is 17.3 Å². The zero-order valence-electron chi connectivity index (χ0n) is 14.0. The Hall–Kier alpha value is -0.910. The summed E-state index contributed by atoms with van der Waals surface area (Å²) in [5.41, 5.74) is 2.71. The monoisotopic (exact) mass is 434 g/mol. The second-order valence-corrected chi connectivity index (χ2v) is 8.19. The summed E-state index contributed by atoms with van der Waals surface area (Å²) in [6.45, 7) is 2.36. The first-order valence-electron chi connectivity index (χ1n) is 8.65. The highest BCUT2D eigenvalue weighted by molar-refractivity contribution is 14.1. The molecule has 3 heteroatoms. The third kappa shape index (κ3) is 3.02. The normalized spacial score (nSPS) is 35.6. The average Bonchev–Trinajstić information content (AvgIpc) is 3.17. The molecule has 126 valence electrons. The molecule has 1 aliphatic carbocycles. The Balaban J connectivity index is 1.69. The lowest BCUT2D eigenvalue weighted by atomic mass is 9.91. The van der Waals surface area contributed by atoms with Gasteiger partial charge in [0.2, 0.25) is 0 Å². The van der Waals surface area contributed by atoms with Crippen LogP contribution in [0, 0.1) is 5.41 Å². The number of rotatable bonds is 3. The summed E-state index contributed by atoms with van der Waals surface area (Å²) >= 11 is 2.50. The molecule has 2 aromatic rings. The molecule has 0 N–H and O–H groups in total. The molecule has 0 radical (unpaired) electrons. The van der Waals surface area contributed by atoms with Crippen LogP contribution in [-0.2, 0) is 9.47 Å². The van der Waals surface area contributed by atoms with Crippen molar-refractivity contribution in [2.24, 2.45) is 5.41 Å². The van der Waals surface area contributed by atoms with E-state index in [1.54, 1.807) is 0 Å². The van der Waals surface area contributed by atoms with Gasteiger partial charge in [0.15, 0.2) is 5.79 Å². The molecule has 2 aliphatic rings. The van der Waals surface area contributed by atoms with Crippen molar-refractivity contribution in [1.82, 2.24) is 0 Å². The lowest BCUT2D eigenvalue weighted by Gasteiger charge is -2.26. The van der Waals surface area contributed by atoms with E-state index in [0.29, 0.717) is 5.41 Å². The smallest absolute Gasteiger partial charge is 0.170 e. The summed E-state index contributed by atoms with van der Waals surface area (Å²) in [4.78, 5) is 0. The Kier molecular flexibility index (Phi) is 4.43. The van der Waals surface area contributed by atoms with Gasteiger partial charge in [0.1, 0.15) is 12.2 Å². The summed E-state index contributed by atoms with van der Waals surface area (Å²) < 4.78 is 14.4. The van der Waals surface area contributed by atoms with Gasteiger partial charge in [0, 0.05) is 17.3 Å². The Morgan fingerprint density at radius 3 is 1.79 bits per heavy atom. The second kappa shape index (κ2) is 6.43. The molecule has 3 unspecified atom stereocenters. The topological polar surface area (TPSA) is 18.5 Å². The van der Waals surface area contributed by atoms with Gasteiger partial charge in [-0.05, 0) is 23.0 Å². The minimum Gasteiger partial charge on any atom is -0.339 e. The van der Waals surface area contributed by atoms with Gasteiger partial charge in [-0.3, -0.25) is 0 Å². The molecule has 0 aromatic heterocycles. The Labute approximate surface area is 157 Å². The number of benzene rings is 2. The predicted octanol–water partition coefficient (Wildman–Crippen LogP) is 5.84. The van der Waals surface area contributed by atoms with Gasteiger partial charge in [-0.1, -0.05) is 90.2 Å². The third-order valence-corrected chi connectivity index (χ3v) is 7.18. The third-order valence-electron chi connectivity index (χ3n) is 5.34. The van der Waals surface area contributed by atoms with E-state index >= 15 is 0 Å². The first-order chi connectivity index (χ1) is 11.6. The zero-order valence-corrected chi connectivity index (χ0v) is 16.1. The minimum atomic E-state index is -0.430. The molecule has 4 atom stereocenters. The first-order valence-corrected chi connectivity index (χ1v) is 10.2. The molecular weight excluding hydrogens is 411 g/mol. The van der Waals surface area contributed by atoms with Gasteiger partial charge >= 0.3 is 0 Å². The molecule has 0 amide bonds. The summed E-state index contributed by atoms with van der Waals surface area (Å²) in [5.74, 6) is -0.430. The van der Waals surface area contributed by atoms with Gasteiger partial charge in [0.25, 0.3) is 0 Å². The van der Waals surface area contributed by atoms with Crippen LogP contribution in [0.25, 0.3) is 0 Å². The van der Waals surface area contributed by atoms with Crippen LogP contribution in [-0.4, -0.2) is 10.2 Å². The molecule has 1 aliphatic heterocycles. The first kappa shape index (κ1) is 16.6. The van der Waals surface area contributed by atoms with Crippen LogP contribution in [0.4, 0.5) is 0 Å². The highest BCUT2D eigenvalue weighted by Crippen LogP contribution is 2.57. The van der Waals surface area contributed by atoms with Crippen LogP contribution in [0.3, 0.4) is 0 Å².